The van der Waals surface area contributed by atoms with E-state index in [1.165, 1.54) is 31.2 Å². The maximum Gasteiger partial charge on any atom is 0.387 e. The average molecular weight is 276 g/mol. The van der Waals surface area contributed by atoms with Crippen LogP contribution in [0.1, 0.15) is 6.92 Å². The van der Waals surface area contributed by atoms with E-state index in [2.05, 4.69) is 4.74 Å². The second-order valence-corrected chi connectivity index (χ2v) is 5.29. The third kappa shape index (κ3) is 3.56. The molecule has 8 heteroatoms. The Kier molecular flexibility index (Phi) is 4.44. The highest BCUT2D eigenvalue weighted by atomic mass is 32.2. The standard InChI is InChI=1S/C10H10F2N2O3S/c1-7(6-13)18(15,16)14-8-4-2-3-5-9(8)17-10(11)12/h2-5,7,10,14H,1H3. The van der Waals surface area contributed by atoms with Gasteiger partial charge in [0.2, 0.25) is 10.0 Å². The van der Waals surface area contributed by atoms with Crippen LogP contribution in [-0.2, 0) is 10.0 Å². The molecule has 98 valence electrons. The molecule has 18 heavy (non-hydrogen) atoms. The average Bonchev–Trinajstić information content (AvgIpc) is 2.29. The number of para-hydroxylation sites is 2. The molecule has 0 heterocycles. The van der Waals surface area contributed by atoms with Crippen molar-refractivity contribution in [1.82, 2.24) is 0 Å². The zero-order valence-corrected chi connectivity index (χ0v) is 10.1. The number of rotatable bonds is 5. The van der Waals surface area contributed by atoms with Gasteiger partial charge in [-0.2, -0.15) is 14.0 Å². The Bertz CT molecular complexity index is 554. The van der Waals surface area contributed by atoms with Crippen LogP contribution in [0, 0.1) is 11.3 Å². The van der Waals surface area contributed by atoms with Crippen molar-refractivity contribution in [2.45, 2.75) is 18.8 Å². The second kappa shape index (κ2) is 5.64. The number of hydrogen-bond acceptors (Lipinski definition) is 4. The SMILES string of the molecule is CC(C#N)S(=O)(=O)Nc1ccccc1OC(F)F. The van der Waals surface area contributed by atoms with Crippen molar-refractivity contribution in [2.75, 3.05) is 4.72 Å². The molecule has 1 aromatic carbocycles. The summed E-state index contributed by atoms with van der Waals surface area (Å²) in [6.07, 6.45) is 0. The van der Waals surface area contributed by atoms with Crippen molar-refractivity contribution in [3.8, 4) is 11.8 Å². The van der Waals surface area contributed by atoms with Gasteiger partial charge in [-0.15, -0.1) is 0 Å². The minimum Gasteiger partial charge on any atom is -0.433 e. The highest BCUT2D eigenvalue weighted by Gasteiger charge is 2.22. The van der Waals surface area contributed by atoms with Gasteiger partial charge in [0, 0.05) is 0 Å². The van der Waals surface area contributed by atoms with Crippen LogP contribution in [0.25, 0.3) is 0 Å². The van der Waals surface area contributed by atoms with Crippen LogP contribution in [0.5, 0.6) is 5.75 Å². The lowest BCUT2D eigenvalue weighted by molar-refractivity contribution is -0.0493. The number of hydrogen-bond donors (Lipinski definition) is 1. The van der Waals surface area contributed by atoms with Crippen LogP contribution in [0.2, 0.25) is 0 Å². The van der Waals surface area contributed by atoms with E-state index >= 15 is 0 Å². The fourth-order valence-electron chi connectivity index (χ4n) is 1.06. The molecule has 0 aliphatic heterocycles. The van der Waals surface area contributed by atoms with Gasteiger partial charge in [-0.25, -0.2) is 8.42 Å². The maximum atomic E-state index is 12.1. The van der Waals surface area contributed by atoms with Crippen molar-refractivity contribution >= 4 is 15.7 Å². The summed E-state index contributed by atoms with van der Waals surface area (Å²) < 4.78 is 53.6. The number of nitrogens with one attached hydrogen (secondary N) is 1. The summed E-state index contributed by atoms with van der Waals surface area (Å²) in [5, 5.41) is 7.23. The van der Waals surface area contributed by atoms with Gasteiger partial charge >= 0.3 is 6.61 Å². The highest BCUT2D eigenvalue weighted by molar-refractivity contribution is 7.93. The number of sulfonamides is 1. The lowest BCUT2D eigenvalue weighted by Gasteiger charge is -2.13. The Hall–Kier alpha value is -1.88. The number of nitriles is 1. The van der Waals surface area contributed by atoms with E-state index < -0.39 is 21.9 Å². The van der Waals surface area contributed by atoms with Gasteiger partial charge in [-0.05, 0) is 19.1 Å². The molecule has 0 bridgehead atoms. The summed E-state index contributed by atoms with van der Waals surface area (Å²) in [5.41, 5.74) is -0.139. The molecule has 0 spiro atoms. The number of nitrogens with zero attached hydrogens (tertiary/aromatic N) is 1. The van der Waals surface area contributed by atoms with E-state index in [1.807, 2.05) is 4.72 Å². The summed E-state index contributed by atoms with van der Waals surface area (Å²) in [4.78, 5) is 0. The molecule has 1 rings (SSSR count). The second-order valence-electron chi connectivity index (χ2n) is 3.29. The van der Waals surface area contributed by atoms with Crippen LogP contribution in [0.4, 0.5) is 14.5 Å². The zero-order chi connectivity index (χ0) is 13.8. The fraction of sp³-hybridized carbons (Fsp3) is 0.300. The van der Waals surface area contributed by atoms with Crippen LogP contribution >= 0.6 is 0 Å². The highest BCUT2D eigenvalue weighted by Crippen LogP contribution is 2.26. The molecular formula is C10H10F2N2O3S. The third-order valence-electron chi connectivity index (χ3n) is 2.00. The lowest BCUT2D eigenvalue weighted by atomic mass is 10.3. The van der Waals surface area contributed by atoms with E-state index in [0.29, 0.717) is 0 Å². The minimum atomic E-state index is -3.96. The molecule has 0 saturated heterocycles. The first-order valence-electron chi connectivity index (χ1n) is 4.82. The van der Waals surface area contributed by atoms with E-state index in [-0.39, 0.29) is 11.4 Å². The largest absolute Gasteiger partial charge is 0.433 e. The summed E-state index contributed by atoms with van der Waals surface area (Å²) in [7, 11) is -3.96. The molecule has 0 aromatic heterocycles. The van der Waals surface area contributed by atoms with Crippen molar-refractivity contribution < 1.29 is 21.9 Å². The third-order valence-corrected chi connectivity index (χ3v) is 3.54. The van der Waals surface area contributed by atoms with Crippen molar-refractivity contribution in [2.24, 2.45) is 0 Å². The summed E-state index contributed by atoms with van der Waals surface area (Å²) >= 11 is 0. The predicted octanol–water partition coefficient (Wildman–Crippen LogP) is 1.94. The van der Waals surface area contributed by atoms with Gasteiger partial charge in [0.1, 0.15) is 5.75 Å². The molecular weight excluding hydrogens is 266 g/mol. The summed E-state index contributed by atoms with van der Waals surface area (Å²) in [6.45, 7) is -1.89. The predicted molar refractivity (Wildman–Crippen MR) is 60.7 cm³/mol. The first-order chi connectivity index (χ1) is 8.36. The monoisotopic (exact) mass is 276 g/mol. The molecule has 1 atom stereocenters. The van der Waals surface area contributed by atoms with Crippen molar-refractivity contribution in [3.05, 3.63) is 24.3 Å². The number of halogens is 2. The molecule has 1 aromatic rings. The fourth-order valence-corrected chi connectivity index (χ4v) is 1.85. The van der Waals surface area contributed by atoms with E-state index in [4.69, 9.17) is 5.26 Å². The molecule has 0 aliphatic carbocycles. The first-order valence-corrected chi connectivity index (χ1v) is 6.36. The number of alkyl halides is 2. The smallest absolute Gasteiger partial charge is 0.387 e. The van der Waals surface area contributed by atoms with Crippen LogP contribution in [-0.4, -0.2) is 20.3 Å². The minimum absolute atomic E-state index is 0.139. The van der Waals surface area contributed by atoms with Gasteiger partial charge in [0.25, 0.3) is 0 Å². The van der Waals surface area contributed by atoms with Crippen LogP contribution < -0.4 is 9.46 Å². The van der Waals surface area contributed by atoms with Crippen LogP contribution in [0.15, 0.2) is 24.3 Å². The maximum absolute atomic E-state index is 12.1. The lowest BCUT2D eigenvalue weighted by Crippen LogP contribution is -2.24. The zero-order valence-electron chi connectivity index (χ0n) is 9.30. The van der Waals surface area contributed by atoms with Crippen LogP contribution in [0.3, 0.4) is 0 Å². The Morgan fingerprint density at radius 1 is 1.39 bits per heavy atom. The van der Waals surface area contributed by atoms with E-state index in [0.717, 1.165) is 0 Å². The number of anilines is 1. The quantitative estimate of drug-likeness (QED) is 0.891. The van der Waals surface area contributed by atoms with Gasteiger partial charge in [0.15, 0.2) is 5.25 Å². The van der Waals surface area contributed by atoms with Gasteiger partial charge in [-0.1, -0.05) is 12.1 Å². The Morgan fingerprint density at radius 2 is 2.00 bits per heavy atom. The molecule has 1 unspecified atom stereocenters. The summed E-state index contributed by atoms with van der Waals surface area (Å²) in [6, 6.07) is 6.88. The van der Waals surface area contributed by atoms with Crippen molar-refractivity contribution in [1.29, 1.82) is 5.26 Å². The van der Waals surface area contributed by atoms with Gasteiger partial charge < -0.3 is 4.74 Å². The topological polar surface area (TPSA) is 79.2 Å². The van der Waals surface area contributed by atoms with Crippen molar-refractivity contribution in [3.63, 3.8) is 0 Å². The van der Waals surface area contributed by atoms with E-state index in [1.54, 1.807) is 6.07 Å². The van der Waals surface area contributed by atoms with E-state index in [9.17, 15) is 17.2 Å². The normalized spacial score (nSPS) is 12.8. The van der Waals surface area contributed by atoms with Gasteiger partial charge in [-0.3, -0.25) is 4.72 Å². The molecule has 5 nitrogen and oxygen atoms in total. The number of benzene rings is 1. The Labute approximate surface area is 103 Å². The summed E-state index contributed by atoms with van der Waals surface area (Å²) in [5.74, 6) is -0.304. The molecule has 0 amide bonds. The molecule has 0 saturated carbocycles. The number of ether oxygens (including phenoxy) is 1. The molecule has 0 fully saturated rings. The Morgan fingerprint density at radius 3 is 2.56 bits per heavy atom. The van der Waals surface area contributed by atoms with Gasteiger partial charge in [0.05, 0.1) is 11.8 Å². The molecule has 0 radical (unpaired) electrons. The molecule has 0 aliphatic rings. The first kappa shape index (κ1) is 14.2. The molecule has 1 N–H and O–H groups in total. The Balaban J connectivity index is 3.02.